The summed E-state index contributed by atoms with van der Waals surface area (Å²) in [5.74, 6) is -0.659. The normalized spacial score (nSPS) is 9.06. The van der Waals surface area contributed by atoms with Gasteiger partial charge in [0.15, 0.2) is 0 Å². The van der Waals surface area contributed by atoms with Gasteiger partial charge in [-0.05, 0) is 17.7 Å². The van der Waals surface area contributed by atoms with Crippen LogP contribution in [0, 0.1) is 11.3 Å². The van der Waals surface area contributed by atoms with E-state index >= 15 is 0 Å². The lowest BCUT2D eigenvalue weighted by atomic mass is 10.1. The number of anilines is 1. The molecule has 1 aromatic carbocycles. The molecule has 0 heterocycles. The van der Waals surface area contributed by atoms with Gasteiger partial charge in [0, 0.05) is 12.2 Å². The van der Waals surface area contributed by atoms with Crippen molar-refractivity contribution in [3.63, 3.8) is 0 Å². The van der Waals surface area contributed by atoms with E-state index in [2.05, 4.69) is 17.2 Å². The van der Waals surface area contributed by atoms with Crippen molar-refractivity contribution in [2.24, 2.45) is 0 Å². The zero-order valence-electron chi connectivity index (χ0n) is 9.77. The number of rotatable bonds is 5. The first-order valence-electron chi connectivity index (χ1n) is 5.32. The van der Waals surface area contributed by atoms with Gasteiger partial charge in [0.05, 0.1) is 6.07 Å². The van der Waals surface area contributed by atoms with Crippen LogP contribution in [0.25, 0.3) is 0 Å². The second-order valence-corrected chi connectivity index (χ2v) is 3.46. The van der Waals surface area contributed by atoms with Crippen molar-refractivity contribution in [3.05, 3.63) is 42.5 Å². The molecular weight excluding hydrogens is 230 g/mol. The Kier molecular flexibility index (Phi) is 5.13. The Balaban J connectivity index is 2.73. The van der Waals surface area contributed by atoms with Crippen LogP contribution >= 0.6 is 0 Å². The molecule has 0 aliphatic rings. The van der Waals surface area contributed by atoms with Crippen molar-refractivity contribution in [1.82, 2.24) is 5.32 Å². The third-order valence-corrected chi connectivity index (χ3v) is 2.17. The van der Waals surface area contributed by atoms with Crippen LogP contribution in [0.5, 0.6) is 0 Å². The molecule has 2 N–H and O–H groups in total. The molecule has 0 radical (unpaired) electrons. The fourth-order valence-corrected chi connectivity index (χ4v) is 1.32. The van der Waals surface area contributed by atoms with E-state index in [1.807, 2.05) is 0 Å². The minimum Gasteiger partial charge on any atom is -0.348 e. The molecule has 2 amide bonds. The molecule has 0 bridgehead atoms. The third-order valence-electron chi connectivity index (χ3n) is 2.17. The van der Waals surface area contributed by atoms with Crippen molar-refractivity contribution in [2.75, 3.05) is 5.32 Å². The Labute approximate surface area is 105 Å². The van der Waals surface area contributed by atoms with Crippen molar-refractivity contribution in [1.29, 1.82) is 5.26 Å². The smallest absolute Gasteiger partial charge is 0.243 e. The summed E-state index contributed by atoms with van der Waals surface area (Å²) in [5, 5.41) is 13.6. The molecule has 0 aliphatic carbocycles. The van der Waals surface area contributed by atoms with E-state index in [0.717, 1.165) is 5.56 Å². The summed E-state index contributed by atoms with van der Waals surface area (Å²) in [4.78, 5) is 22.4. The second kappa shape index (κ2) is 6.86. The van der Waals surface area contributed by atoms with E-state index in [4.69, 9.17) is 5.26 Å². The van der Waals surface area contributed by atoms with E-state index in [0.29, 0.717) is 5.69 Å². The predicted octanol–water partition coefficient (Wildman–Crippen LogP) is 1.34. The first kappa shape index (κ1) is 13.5. The number of nitrogens with zero attached hydrogens (tertiary/aromatic N) is 1. The summed E-state index contributed by atoms with van der Waals surface area (Å²) in [6, 6.07) is 8.83. The van der Waals surface area contributed by atoms with Crippen molar-refractivity contribution in [3.8, 4) is 6.07 Å². The standard InChI is InChI=1S/C13H13N3O2/c1-2-12(17)15-9-10-5-3-4-6-11(10)16-13(18)7-8-14/h2-6H,1,7,9H2,(H,15,17)(H,16,18). The molecule has 0 spiro atoms. The van der Waals surface area contributed by atoms with Gasteiger partial charge in [-0.25, -0.2) is 0 Å². The Morgan fingerprint density at radius 3 is 2.78 bits per heavy atom. The minimum absolute atomic E-state index is 0.201. The molecule has 0 unspecified atom stereocenters. The maximum Gasteiger partial charge on any atom is 0.243 e. The summed E-state index contributed by atoms with van der Waals surface area (Å²) in [7, 11) is 0. The number of hydrogen-bond acceptors (Lipinski definition) is 3. The molecule has 0 saturated carbocycles. The fourth-order valence-electron chi connectivity index (χ4n) is 1.32. The molecule has 5 heteroatoms. The molecule has 0 fully saturated rings. The second-order valence-electron chi connectivity index (χ2n) is 3.46. The van der Waals surface area contributed by atoms with Crippen molar-refractivity contribution < 1.29 is 9.59 Å². The highest BCUT2D eigenvalue weighted by atomic mass is 16.2. The molecule has 0 aliphatic heterocycles. The fraction of sp³-hybridized carbons (Fsp3) is 0.154. The van der Waals surface area contributed by atoms with Crippen LogP contribution in [0.1, 0.15) is 12.0 Å². The van der Waals surface area contributed by atoms with Crippen LogP contribution in [-0.2, 0) is 16.1 Å². The maximum atomic E-state index is 11.3. The Bertz CT molecular complexity index is 503. The first-order valence-corrected chi connectivity index (χ1v) is 5.32. The number of carbonyl (C=O) groups excluding carboxylic acids is 2. The molecule has 0 aromatic heterocycles. The largest absolute Gasteiger partial charge is 0.348 e. The number of nitrogens with one attached hydrogen (secondary N) is 2. The van der Waals surface area contributed by atoms with Gasteiger partial charge in [0.2, 0.25) is 11.8 Å². The van der Waals surface area contributed by atoms with Crippen LogP contribution in [-0.4, -0.2) is 11.8 Å². The van der Waals surface area contributed by atoms with E-state index in [9.17, 15) is 9.59 Å². The van der Waals surface area contributed by atoms with Gasteiger partial charge >= 0.3 is 0 Å². The van der Waals surface area contributed by atoms with Crippen LogP contribution in [0.2, 0.25) is 0 Å². The van der Waals surface area contributed by atoms with E-state index in [1.54, 1.807) is 30.3 Å². The summed E-state index contributed by atoms with van der Waals surface area (Å²) in [5.41, 5.74) is 1.35. The van der Waals surface area contributed by atoms with Crippen molar-refractivity contribution >= 4 is 17.5 Å². The van der Waals surface area contributed by atoms with Crippen molar-refractivity contribution in [2.45, 2.75) is 13.0 Å². The SMILES string of the molecule is C=CC(=O)NCc1ccccc1NC(=O)CC#N. The van der Waals surface area contributed by atoms with Crippen LogP contribution in [0.15, 0.2) is 36.9 Å². The summed E-state index contributed by atoms with van der Waals surface area (Å²) < 4.78 is 0. The highest BCUT2D eigenvalue weighted by Crippen LogP contribution is 2.14. The lowest BCUT2D eigenvalue weighted by molar-refractivity contribution is -0.116. The number of para-hydroxylation sites is 1. The van der Waals surface area contributed by atoms with Crippen LogP contribution in [0.3, 0.4) is 0 Å². The van der Waals surface area contributed by atoms with Gasteiger partial charge in [0.25, 0.3) is 0 Å². The summed E-state index contributed by atoms with van der Waals surface area (Å²) in [6.07, 6.45) is 0.976. The quantitative estimate of drug-likeness (QED) is 0.765. The van der Waals surface area contributed by atoms with Gasteiger partial charge < -0.3 is 10.6 Å². The number of benzene rings is 1. The van der Waals surface area contributed by atoms with E-state index in [1.165, 1.54) is 6.08 Å². The van der Waals surface area contributed by atoms with Gasteiger partial charge in [0.1, 0.15) is 6.42 Å². The topological polar surface area (TPSA) is 82.0 Å². The summed E-state index contributed by atoms with van der Waals surface area (Å²) >= 11 is 0. The minimum atomic E-state index is -0.375. The average molecular weight is 243 g/mol. The molecule has 92 valence electrons. The Morgan fingerprint density at radius 2 is 2.11 bits per heavy atom. The van der Waals surface area contributed by atoms with E-state index in [-0.39, 0.29) is 24.8 Å². The molecule has 0 saturated heterocycles. The zero-order valence-corrected chi connectivity index (χ0v) is 9.77. The Hall–Kier alpha value is -2.61. The number of amides is 2. The maximum absolute atomic E-state index is 11.3. The molecule has 5 nitrogen and oxygen atoms in total. The first-order chi connectivity index (χ1) is 8.67. The van der Waals surface area contributed by atoms with Gasteiger partial charge in [-0.2, -0.15) is 5.26 Å². The highest BCUT2D eigenvalue weighted by Gasteiger charge is 2.06. The monoisotopic (exact) mass is 243 g/mol. The molecule has 0 atom stereocenters. The van der Waals surface area contributed by atoms with Crippen LogP contribution in [0.4, 0.5) is 5.69 Å². The Morgan fingerprint density at radius 1 is 1.39 bits per heavy atom. The molecule has 18 heavy (non-hydrogen) atoms. The highest BCUT2D eigenvalue weighted by molar-refractivity contribution is 5.93. The molecular formula is C13H13N3O2. The lowest BCUT2D eigenvalue weighted by Crippen LogP contribution is -2.21. The summed E-state index contributed by atoms with van der Waals surface area (Å²) in [6.45, 7) is 3.64. The van der Waals surface area contributed by atoms with Crippen LogP contribution < -0.4 is 10.6 Å². The number of nitriles is 1. The van der Waals surface area contributed by atoms with Gasteiger partial charge in [-0.1, -0.05) is 24.8 Å². The predicted molar refractivity (Wildman–Crippen MR) is 67.3 cm³/mol. The molecule has 1 aromatic rings. The molecule has 1 rings (SSSR count). The lowest BCUT2D eigenvalue weighted by Gasteiger charge is -2.10. The third kappa shape index (κ3) is 4.10. The van der Waals surface area contributed by atoms with Gasteiger partial charge in [-0.3, -0.25) is 9.59 Å². The number of carbonyl (C=O) groups is 2. The zero-order chi connectivity index (χ0) is 13.4. The van der Waals surface area contributed by atoms with E-state index < -0.39 is 0 Å². The average Bonchev–Trinajstić information content (AvgIpc) is 2.37. The van der Waals surface area contributed by atoms with Gasteiger partial charge in [-0.15, -0.1) is 0 Å². The number of hydrogen-bond donors (Lipinski definition) is 2.